The van der Waals surface area contributed by atoms with Gasteiger partial charge in [-0.2, -0.15) is 0 Å². The maximum Gasteiger partial charge on any atom is 0.266 e. The van der Waals surface area contributed by atoms with E-state index < -0.39 is 22.4 Å². The highest BCUT2D eigenvalue weighted by Gasteiger charge is 2.10. The summed E-state index contributed by atoms with van der Waals surface area (Å²) in [5.74, 6) is -2.01. The molecule has 5 heteroatoms. The summed E-state index contributed by atoms with van der Waals surface area (Å²) in [7, 11) is 0. The lowest BCUT2D eigenvalue weighted by Crippen LogP contribution is -3.07. The van der Waals surface area contributed by atoms with E-state index in [1.54, 1.807) is 4.90 Å². The van der Waals surface area contributed by atoms with Crippen LogP contribution in [0.1, 0.15) is 39.5 Å². The van der Waals surface area contributed by atoms with E-state index in [-0.39, 0.29) is 0 Å². The zero-order valence-corrected chi connectivity index (χ0v) is 13.8. The van der Waals surface area contributed by atoms with Crippen LogP contribution in [0.3, 0.4) is 0 Å². The van der Waals surface area contributed by atoms with Gasteiger partial charge in [0.25, 0.3) is 5.43 Å². The van der Waals surface area contributed by atoms with Gasteiger partial charge in [-0.25, -0.2) is 0 Å². The van der Waals surface area contributed by atoms with Crippen LogP contribution in [0.25, 0.3) is 0 Å². The molecule has 2 aromatic carbocycles. The average molecular weight is 319 g/mol. The Bertz CT molecular complexity index is 607. The third-order valence-electron chi connectivity index (χ3n) is 3.69. The first kappa shape index (κ1) is 18.9. The second-order valence-electron chi connectivity index (χ2n) is 5.51. The number of unbranched alkanes of at least 4 members (excludes halogenated alkanes) is 2. The fourth-order valence-corrected chi connectivity index (χ4v) is 2.23. The van der Waals surface area contributed by atoms with Gasteiger partial charge >= 0.3 is 0 Å². The number of aromatic hydroxyl groups is 1. The number of quaternary nitrogens is 1. The monoisotopic (exact) mass is 319 g/mol. The van der Waals surface area contributed by atoms with Crippen molar-refractivity contribution in [2.24, 2.45) is 0 Å². The molecule has 0 heterocycles. The van der Waals surface area contributed by atoms with Crippen molar-refractivity contribution in [3.63, 3.8) is 0 Å². The molecule has 0 aliphatic heterocycles. The van der Waals surface area contributed by atoms with Crippen LogP contribution >= 0.6 is 0 Å². The Hall–Kier alpha value is -2.14. The number of hydrogen-bond acceptors (Lipinski definition) is 4. The predicted octanol–water partition coefficient (Wildman–Crippen LogP) is 0.865. The molecule has 0 amide bonds. The Kier molecular flexibility index (Phi) is 8.05. The minimum atomic E-state index is -1.12. The van der Waals surface area contributed by atoms with Crippen LogP contribution in [0.15, 0.2) is 39.9 Å². The summed E-state index contributed by atoms with van der Waals surface area (Å²) in [5.41, 5.74) is -0.739. The molecule has 2 rings (SSSR count). The molecule has 2 aromatic rings. The van der Waals surface area contributed by atoms with Crippen LogP contribution in [-0.2, 0) is 0 Å². The van der Waals surface area contributed by atoms with Crippen LogP contribution < -0.4 is 20.9 Å². The first-order valence-corrected chi connectivity index (χ1v) is 8.12. The summed E-state index contributed by atoms with van der Waals surface area (Å²) < 4.78 is 0. The molecule has 0 saturated heterocycles. The Morgan fingerprint density at radius 3 is 1.83 bits per heavy atom. The fourth-order valence-electron chi connectivity index (χ4n) is 2.23. The molecule has 126 valence electrons. The molecule has 0 aromatic heterocycles. The summed E-state index contributed by atoms with van der Waals surface area (Å²) in [6.07, 6.45) is 5.24. The van der Waals surface area contributed by atoms with Gasteiger partial charge in [0.15, 0.2) is 5.75 Å². The van der Waals surface area contributed by atoms with Gasteiger partial charge in [0.05, 0.1) is 13.1 Å². The van der Waals surface area contributed by atoms with Crippen LogP contribution in [0.5, 0.6) is 11.5 Å². The highest BCUT2D eigenvalue weighted by atomic mass is 16.3. The molecular formula is C18H25NO4. The van der Waals surface area contributed by atoms with E-state index in [1.807, 2.05) is 0 Å². The molecule has 0 bridgehead atoms. The lowest BCUT2D eigenvalue weighted by atomic mass is 10.2. The minimum Gasteiger partial charge on any atom is -0.867 e. The van der Waals surface area contributed by atoms with Crippen molar-refractivity contribution in [2.45, 2.75) is 39.5 Å². The smallest absolute Gasteiger partial charge is 0.266 e. The average Bonchev–Trinajstić information content (AvgIpc) is 2.61. The lowest BCUT2D eigenvalue weighted by molar-refractivity contribution is -0.833. The van der Waals surface area contributed by atoms with E-state index in [9.17, 15) is 14.7 Å². The standard InChI is InChI=1S/C14H23N.C4H2O4/c1-3-5-12-15(13-6-4-2)14-10-8-7-9-11-14;5-1-2(6)4(8)3(1)7/h7-11H,3-6,12-13H2,1-2H3;5-6H. The van der Waals surface area contributed by atoms with Gasteiger partial charge < -0.3 is 15.1 Å². The number of hydrogen-bond donors (Lipinski definition) is 2. The molecule has 23 heavy (non-hydrogen) atoms. The summed E-state index contributed by atoms with van der Waals surface area (Å²) in [6.45, 7) is 7.09. The number of rotatable bonds is 7. The van der Waals surface area contributed by atoms with Gasteiger partial charge in [-0.05, 0) is 30.7 Å². The quantitative estimate of drug-likeness (QED) is 0.742. The SMILES string of the molecule is CCCC[NH+](CCCC)c1ccccc1.O=c1c([O-])c(O)c1=O. The second-order valence-corrected chi connectivity index (χ2v) is 5.51. The Labute approximate surface area is 136 Å². The van der Waals surface area contributed by atoms with Crippen LogP contribution in [-0.4, -0.2) is 18.2 Å². The number of nitrogens with one attached hydrogen (secondary N) is 1. The molecular weight excluding hydrogens is 294 g/mol. The molecule has 0 fully saturated rings. The minimum absolute atomic E-state index is 0.935. The Morgan fingerprint density at radius 1 is 0.957 bits per heavy atom. The number of benzene rings is 1. The van der Waals surface area contributed by atoms with E-state index in [4.69, 9.17) is 5.11 Å². The Balaban J connectivity index is 0.000000277. The highest BCUT2D eigenvalue weighted by Crippen LogP contribution is 2.09. The molecule has 0 aliphatic carbocycles. The normalized spacial score (nSPS) is 10.6. The molecule has 5 nitrogen and oxygen atoms in total. The van der Waals surface area contributed by atoms with Crippen molar-refractivity contribution >= 4 is 5.69 Å². The molecule has 2 N–H and O–H groups in total. The third-order valence-corrected chi connectivity index (χ3v) is 3.69. The third kappa shape index (κ3) is 5.53. The van der Waals surface area contributed by atoms with Crippen molar-refractivity contribution in [1.82, 2.24) is 0 Å². The van der Waals surface area contributed by atoms with Gasteiger partial charge in [-0.1, -0.05) is 44.9 Å². The van der Waals surface area contributed by atoms with Crippen LogP contribution in [0, 0.1) is 0 Å². The van der Waals surface area contributed by atoms with Crippen LogP contribution in [0.2, 0.25) is 0 Å². The fraction of sp³-hybridized carbons (Fsp3) is 0.444. The van der Waals surface area contributed by atoms with E-state index in [2.05, 4.69) is 44.2 Å². The van der Waals surface area contributed by atoms with Gasteiger partial charge in [-0.15, -0.1) is 0 Å². The molecule has 0 aliphatic rings. The summed E-state index contributed by atoms with van der Waals surface area (Å²) >= 11 is 0. The van der Waals surface area contributed by atoms with E-state index in [0.717, 1.165) is 0 Å². The number of para-hydroxylation sites is 1. The van der Waals surface area contributed by atoms with E-state index in [0.29, 0.717) is 0 Å². The molecule has 0 saturated carbocycles. The van der Waals surface area contributed by atoms with Crippen LogP contribution in [0.4, 0.5) is 5.69 Å². The second kappa shape index (κ2) is 9.79. The van der Waals surface area contributed by atoms with Crippen molar-refractivity contribution < 1.29 is 15.1 Å². The molecule has 0 unspecified atom stereocenters. The van der Waals surface area contributed by atoms with E-state index in [1.165, 1.54) is 44.5 Å². The van der Waals surface area contributed by atoms with Gasteiger partial charge in [0.2, 0.25) is 5.43 Å². The maximum atomic E-state index is 9.91. The predicted molar refractivity (Wildman–Crippen MR) is 89.1 cm³/mol. The summed E-state index contributed by atoms with van der Waals surface area (Å²) in [5, 5.41) is 18.1. The van der Waals surface area contributed by atoms with Crippen molar-refractivity contribution in [2.75, 3.05) is 13.1 Å². The first-order valence-electron chi connectivity index (χ1n) is 8.12. The van der Waals surface area contributed by atoms with Crippen molar-refractivity contribution in [3.05, 3.63) is 50.8 Å². The zero-order chi connectivity index (χ0) is 17.2. The highest BCUT2D eigenvalue weighted by molar-refractivity contribution is 5.41. The van der Waals surface area contributed by atoms with E-state index >= 15 is 0 Å². The molecule has 0 atom stereocenters. The summed E-state index contributed by atoms with van der Waals surface area (Å²) in [4.78, 5) is 21.5. The first-order chi connectivity index (χ1) is 11.0. The summed E-state index contributed by atoms with van der Waals surface area (Å²) in [6, 6.07) is 10.9. The van der Waals surface area contributed by atoms with Gasteiger partial charge in [-0.3, -0.25) is 9.59 Å². The molecule has 0 spiro atoms. The molecule has 0 radical (unpaired) electrons. The lowest BCUT2D eigenvalue weighted by Gasteiger charge is -2.18. The topological polar surface area (TPSA) is 81.9 Å². The Morgan fingerprint density at radius 2 is 1.48 bits per heavy atom. The maximum absolute atomic E-state index is 9.91. The zero-order valence-electron chi connectivity index (χ0n) is 13.8. The van der Waals surface area contributed by atoms with Gasteiger partial charge in [0.1, 0.15) is 5.69 Å². The van der Waals surface area contributed by atoms with Crippen molar-refractivity contribution in [1.29, 1.82) is 0 Å². The van der Waals surface area contributed by atoms with Crippen molar-refractivity contribution in [3.8, 4) is 11.5 Å². The van der Waals surface area contributed by atoms with Gasteiger partial charge in [0, 0.05) is 0 Å². The largest absolute Gasteiger partial charge is 0.867 e.